The quantitative estimate of drug-likeness (QED) is 0.618. The van der Waals surface area contributed by atoms with Crippen molar-refractivity contribution in [1.82, 2.24) is 25.3 Å². The van der Waals surface area contributed by atoms with Gasteiger partial charge in [0.15, 0.2) is 11.6 Å². The molecule has 2 heterocycles. The number of carbonyl (C=O) groups is 1. The van der Waals surface area contributed by atoms with Crippen molar-refractivity contribution >= 4 is 16.9 Å². The van der Waals surface area contributed by atoms with E-state index in [4.69, 9.17) is 4.52 Å². The van der Waals surface area contributed by atoms with Crippen molar-refractivity contribution in [1.29, 1.82) is 0 Å². The molecule has 3 aromatic rings. The number of hydrogen-bond donors (Lipinski definition) is 2. The van der Waals surface area contributed by atoms with Crippen molar-refractivity contribution in [2.45, 2.75) is 70.0 Å². The molecule has 7 heteroatoms. The Labute approximate surface area is 176 Å². The van der Waals surface area contributed by atoms with Gasteiger partial charge in [-0.15, -0.1) is 0 Å². The highest BCUT2D eigenvalue weighted by atomic mass is 16.5. The summed E-state index contributed by atoms with van der Waals surface area (Å²) < 4.78 is 5.49. The van der Waals surface area contributed by atoms with Crippen LogP contribution in [0.15, 0.2) is 34.9 Å². The monoisotopic (exact) mass is 407 g/mol. The molecule has 158 valence electrons. The van der Waals surface area contributed by atoms with Gasteiger partial charge in [0.1, 0.15) is 0 Å². The minimum Gasteiger partial charge on any atom is -0.360 e. The highest BCUT2D eigenvalue weighted by molar-refractivity contribution is 5.94. The number of H-pyrrole nitrogens is 1. The highest BCUT2D eigenvalue weighted by Crippen LogP contribution is 2.39. The van der Waals surface area contributed by atoms with Gasteiger partial charge in [0.2, 0.25) is 0 Å². The summed E-state index contributed by atoms with van der Waals surface area (Å²) in [6, 6.07) is 10.5. The highest BCUT2D eigenvalue weighted by Gasteiger charge is 2.31. The van der Waals surface area contributed by atoms with E-state index in [2.05, 4.69) is 26.5 Å². The van der Waals surface area contributed by atoms with Gasteiger partial charge < -0.3 is 19.7 Å². The molecule has 2 aliphatic carbocycles. The molecule has 2 saturated carbocycles. The number of aromatic amines is 1. The lowest BCUT2D eigenvalue weighted by molar-refractivity contribution is 0.0616. The third kappa shape index (κ3) is 3.99. The van der Waals surface area contributed by atoms with Gasteiger partial charge in [-0.05, 0) is 57.6 Å². The zero-order valence-electron chi connectivity index (χ0n) is 17.4. The van der Waals surface area contributed by atoms with Gasteiger partial charge in [-0.3, -0.25) is 4.79 Å². The van der Waals surface area contributed by atoms with Crippen LogP contribution >= 0.6 is 0 Å². The maximum Gasteiger partial charge on any atom is 0.289 e. The largest absolute Gasteiger partial charge is 0.360 e. The number of hydrogen-bond acceptors (Lipinski definition) is 5. The first-order chi connectivity index (χ1) is 14.7. The number of fused-ring (bicyclic) bond motifs is 1. The molecule has 0 aliphatic heterocycles. The lowest BCUT2D eigenvalue weighted by Gasteiger charge is -2.37. The van der Waals surface area contributed by atoms with Crippen LogP contribution in [-0.4, -0.2) is 44.6 Å². The number of amides is 1. The second-order valence-electron chi connectivity index (χ2n) is 8.58. The Morgan fingerprint density at radius 2 is 2.13 bits per heavy atom. The van der Waals surface area contributed by atoms with E-state index in [1.54, 1.807) is 0 Å². The normalized spacial score (nSPS) is 21.8. The van der Waals surface area contributed by atoms with E-state index in [9.17, 15) is 4.79 Å². The number of rotatable bonds is 7. The molecular weight excluding hydrogens is 378 g/mol. The number of imidazole rings is 1. The van der Waals surface area contributed by atoms with Crippen molar-refractivity contribution in [3.05, 3.63) is 47.6 Å². The number of benzene rings is 1. The summed E-state index contributed by atoms with van der Waals surface area (Å²) in [5.74, 6) is 1.94. The van der Waals surface area contributed by atoms with E-state index in [-0.39, 0.29) is 11.9 Å². The second kappa shape index (κ2) is 8.22. The van der Waals surface area contributed by atoms with Crippen molar-refractivity contribution in [2.75, 3.05) is 6.54 Å². The summed E-state index contributed by atoms with van der Waals surface area (Å²) in [4.78, 5) is 22.9. The Balaban J connectivity index is 1.22. The van der Waals surface area contributed by atoms with Crippen LogP contribution < -0.4 is 5.32 Å². The molecule has 1 amide bonds. The summed E-state index contributed by atoms with van der Waals surface area (Å²) >= 11 is 0. The maximum atomic E-state index is 13.2. The first kappa shape index (κ1) is 19.3. The Kier molecular flexibility index (Phi) is 5.29. The fraction of sp³-hybridized carbons (Fsp3) is 0.522. The van der Waals surface area contributed by atoms with Gasteiger partial charge in [0.05, 0.1) is 23.3 Å². The fourth-order valence-corrected chi connectivity index (χ4v) is 4.62. The molecule has 5 rings (SSSR count). The minimum atomic E-state index is -0.0105. The van der Waals surface area contributed by atoms with Crippen LogP contribution in [0.2, 0.25) is 0 Å². The summed E-state index contributed by atoms with van der Waals surface area (Å²) in [5.41, 5.74) is 2.83. The predicted molar refractivity (Wildman–Crippen MR) is 114 cm³/mol. The smallest absolute Gasteiger partial charge is 0.289 e. The van der Waals surface area contributed by atoms with Crippen LogP contribution in [-0.2, 0) is 6.54 Å². The molecule has 0 radical (unpaired) electrons. The van der Waals surface area contributed by atoms with Crippen molar-refractivity contribution in [2.24, 2.45) is 0 Å². The summed E-state index contributed by atoms with van der Waals surface area (Å²) in [6.07, 6.45) is 6.67. The van der Waals surface area contributed by atoms with Gasteiger partial charge in [-0.25, -0.2) is 4.98 Å². The van der Waals surface area contributed by atoms with E-state index >= 15 is 0 Å². The van der Waals surface area contributed by atoms with Crippen molar-refractivity contribution < 1.29 is 9.32 Å². The van der Waals surface area contributed by atoms with Crippen LogP contribution in [0, 0.1) is 0 Å². The standard InChI is InChI=1S/C23H29N5O2/c1-2-28(23(29)22-25-19-8-3-4-9-20(19)26-22)17-7-5-6-16(12-17)24-14-18-13-21(27-30-18)15-10-11-15/h3-4,8-9,13,15-17,24H,2,5-7,10-12,14H2,1H3,(H,25,26)/t16-,17?/m1/s1. The van der Waals surface area contributed by atoms with Crippen molar-refractivity contribution in [3.63, 3.8) is 0 Å². The van der Waals surface area contributed by atoms with E-state index < -0.39 is 0 Å². The van der Waals surface area contributed by atoms with Gasteiger partial charge in [0, 0.05) is 30.6 Å². The topological polar surface area (TPSA) is 87.0 Å². The predicted octanol–water partition coefficient (Wildman–Crippen LogP) is 3.99. The molecule has 0 saturated heterocycles. The molecule has 2 fully saturated rings. The number of nitrogens with one attached hydrogen (secondary N) is 2. The average Bonchev–Trinajstić information content (AvgIpc) is 3.35. The van der Waals surface area contributed by atoms with Gasteiger partial charge >= 0.3 is 0 Å². The van der Waals surface area contributed by atoms with Crippen LogP contribution in [0.25, 0.3) is 11.0 Å². The third-order valence-electron chi connectivity index (χ3n) is 6.42. The van der Waals surface area contributed by atoms with E-state index in [1.807, 2.05) is 36.1 Å². The number of nitrogens with zero attached hydrogens (tertiary/aromatic N) is 3. The number of carbonyl (C=O) groups excluding carboxylic acids is 1. The first-order valence-electron chi connectivity index (χ1n) is 11.2. The molecule has 0 spiro atoms. The second-order valence-corrected chi connectivity index (χ2v) is 8.58. The van der Waals surface area contributed by atoms with Crippen LogP contribution in [0.4, 0.5) is 0 Å². The molecule has 1 unspecified atom stereocenters. The lowest BCUT2D eigenvalue weighted by atomic mass is 9.89. The average molecular weight is 408 g/mol. The molecule has 30 heavy (non-hydrogen) atoms. The van der Waals surface area contributed by atoms with Gasteiger partial charge in [0.25, 0.3) is 5.91 Å². The van der Waals surface area contributed by atoms with E-state index in [1.165, 1.54) is 12.8 Å². The first-order valence-corrected chi connectivity index (χ1v) is 11.2. The van der Waals surface area contributed by atoms with Crippen LogP contribution in [0.1, 0.15) is 73.4 Å². The lowest BCUT2D eigenvalue weighted by Crippen LogP contribution is -2.47. The van der Waals surface area contributed by atoms with E-state index in [0.29, 0.717) is 30.9 Å². The molecule has 2 N–H and O–H groups in total. The maximum absolute atomic E-state index is 13.2. The molecule has 2 atom stereocenters. The fourth-order valence-electron chi connectivity index (χ4n) is 4.62. The summed E-state index contributed by atoms with van der Waals surface area (Å²) in [5, 5.41) is 7.82. The Morgan fingerprint density at radius 1 is 1.27 bits per heavy atom. The molecule has 0 bridgehead atoms. The molecule has 2 aromatic heterocycles. The summed E-state index contributed by atoms with van der Waals surface area (Å²) in [6.45, 7) is 3.42. The molecule has 7 nitrogen and oxygen atoms in total. The van der Waals surface area contributed by atoms with Crippen LogP contribution in [0.3, 0.4) is 0 Å². The van der Waals surface area contributed by atoms with Crippen LogP contribution in [0.5, 0.6) is 0 Å². The Bertz CT molecular complexity index is 988. The zero-order valence-corrected chi connectivity index (χ0v) is 17.4. The number of para-hydroxylation sites is 2. The molecule has 2 aliphatic rings. The Hall–Kier alpha value is -2.67. The Morgan fingerprint density at radius 3 is 2.93 bits per heavy atom. The zero-order chi connectivity index (χ0) is 20.5. The minimum absolute atomic E-state index is 0.0105. The summed E-state index contributed by atoms with van der Waals surface area (Å²) in [7, 11) is 0. The van der Waals surface area contributed by atoms with Crippen molar-refractivity contribution in [3.8, 4) is 0 Å². The third-order valence-corrected chi connectivity index (χ3v) is 6.42. The van der Waals surface area contributed by atoms with Gasteiger partial charge in [-0.2, -0.15) is 0 Å². The van der Waals surface area contributed by atoms with E-state index in [0.717, 1.165) is 48.2 Å². The van der Waals surface area contributed by atoms with Gasteiger partial charge in [-0.1, -0.05) is 17.3 Å². The molecule has 1 aromatic carbocycles. The molecular formula is C23H29N5O2. The SMILES string of the molecule is CCN(C(=O)c1nc2ccccc2[nH]1)C1CCC[C@@H](NCc2cc(C3CC3)no2)C1. The number of aromatic nitrogens is 3.